The van der Waals surface area contributed by atoms with Crippen LogP contribution in [0.3, 0.4) is 0 Å². The van der Waals surface area contributed by atoms with E-state index < -0.39 is 17.8 Å². The van der Waals surface area contributed by atoms with Gasteiger partial charge in [-0.25, -0.2) is 9.37 Å². The highest BCUT2D eigenvalue weighted by Crippen LogP contribution is 2.31. The second-order valence-corrected chi connectivity index (χ2v) is 8.68. The molecule has 4 aromatic rings. The standard InChI is InChI=1S/C24H22FN3O3S/c1-14(2)21(28-22(29)16-7-3-4-8-17(16)25)23(30)26-13-15-11-12-19(31-15)24-27-18-9-5-6-10-20(18)32-24/h3-12,14,21H,13H2,1-2H3,(H,26,30)(H,28,29). The molecule has 8 heteroatoms. The van der Waals surface area contributed by atoms with Gasteiger partial charge in [0, 0.05) is 0 Å². The topological polar surface area (TPSA) is 84.2 Å². The molecule has 2 aromatic carbocycles. The van der Waals surface area contributed by atoms with Crippen LogP contribution in [0.5, 0.6) is 0 Å². The van der Waals surface area contributed by atoms with Gasteiger partial charge >= 0.3 is 0 Å². The normalized spacial score (nSPS) is 12.1. The van der Waals surface area contributed by atoms with Crippen LogP contribution >= 0.6 is 11.3 Å². The Morgan fingerprint density at radius 2 is 1.81 bits per heavy atom. The minimum Gasteiger partial charge on any atom is -0.457 e. The Morgan fingerprint density at radius 3 is 2.56 bits per heavy atom. The van der Waals surface area contributed by atoms with Gasteiger partial charge in [-0.3, -0.25) is 9.59 Å². The van der Waals surface area contributed by atoms with Crippen LogP contribution in [-0.4, -0.2) is 22.8 Å². The van der Waals surface area contributed by atoms with Crippen LogP contribution in [0.25, 0.3) is 21.0 Å². The van der Waals surface area contributed by atoms with Gasteiger partial charge < -0.3 is 15.1 Å². The molecule has 0 saturated heterocycles. The highest BCUT2D eigenvalue weighted by molar-refractivity contribution is 7.21. The van der Waals surface area contributed by atoms with Gasteiger partial charge in [0.15, 0.2) is 10.8 Å². The van der Waals surface area contributed by atoms with Gasteiger partial charge in [-0.2, -0.15) is 0 Å². The quantitative estimate of drug-likeness (QED) is 0.424. The summed E-state index contributed by atoms with van der Waals surface area (Å²) in [7, 11) is 0. The fourth-order valence-corrected chi connectivity index (χ4v) is 4.18. The molecule has 0 fully saturated rings. The molecule has 4 rings (SSSR count). The van der Waals surface area contributed by atoms with E-state index >= 15 is 0 Å². The van der Waals surface area contributed by atoms with Gasteiger partial charge in [-0.05, 0) is 42.3 Å². The molecule has 1 atom stereocenters. The summed E-state index contributed by atoms with van der Waals surface area (Å²) in [5.74, 6) is -0.638. The van der Waals surface area contributed by atoms with Crippen molar-refractivity contribution in [2.45, 2.75) is 26.4 Å². The molecule has 2 N–H and O–H groups in total. The third kappa shape index (κ3) is 4.70. The minimum absolute atomic E-state index is 0.0996. The molecular formula is C24H22FN3O3S. The number of furan rings is 1. The van der Waals surface area contributed by atoms with E-state index in [1.165, 1.54) is 29.5 Å². The van der Waals surface area contributed by atoms with Crippen molar-refractivity contribution in [3.8, 4) is 10.8 Å². The zero-order chi connectivity index (χ0) is 22.7. The molecule has 2 heterocycles. The molecule has 0 aliphatic carbocycles. The fraction of sp³-hybridized carbons (Fsp3) is 0.208. The first kappa shape index (κ1) is 21.7. The van der Waals surface area contributed by atoms with Crippen molar-refractivity contribution >= 4 is 33.4 Å². The predicted molar refractivity (Wildman–Crippen MR) is 122 cm³/mol. The summed E-state index contributed by atoms with van der Waals surface area (Å²) < 4.78 is 20.8. The summed E-state index contributed by atoms with van der Waals surface area (Å²) in [5.41, 5.74) is 0.807. The average molecular weight is 452 g/mol. The molecule has 0 aliphatic rings. The van der Waals surface area contributed by atoms with Crippen molar-refractivity contribution < 1.29 is 18.4 Å². The lowest BCUT2D eigenvalue weighted by molar-refractivity contribution is -0.124. The van der Waals surface area contributed by atoms with E-state index in [4.69, 9.17) is 4.42 Å². The Bertz CT molecular complexity index is 1230. The van der Waals surface area contributed by atoms with Crippen molar-refractivity contribution in [3.05, 3.63) is 77.8 Å². The maximum atomic E-state index is 13.9. The van der Waals surface area contributed by atoms with Gasteiger partial charge in [-0.15, -0.1) is 11.3 Å². The zero-order valence-corrected chi connectivity index (χ0v) is 18.4. The summed E-state index contributed by atoms with van der Waals surface area (Å²) in [5, 5.41) is 6.18. The number of hydrogen-bond donors (Lipinski definition) is 2. The highest BCUT2D eigenvalue weighted by atomic mass is 32.1. The van der Waals surface area contributed by atoms with Crippen molar-refractivity contribution in [2.75, 3.05) is 0 Å². The summed E-state index contributed by atoms with van der Waals surface area (Å²) in [6.45, 7) is 3.77. The lowest BCUT2D eigenvalue weighted by Gasteiger charge is -2.21. The van der Waals surface area contributed by atoms with Crippen LogP contribution in [0.1, 0.15) is 30.0 Å². The van der Waals surface area contributed by atoms with E-state index in [2.05, 4.69) is 15.6 Å². The van der Waals surface area contributed by atoms with Crippen LogP contribution in [0.4, 0.5) is 4.39 Å². The molecule has 0 spiro atoms. The number of nitrogens with zero attached hydrogens (tertiary/aromatic N) is 1. The Kier molecular flexibility index (Phi) is 6.32. The van der Waals surface area contributed by atoms with Crippen molar-refractivity contribution in [1.29, 1.82) is 0 Å². The van der Waals surface area contributed by atoms with Crippen LogP contribution in [-0.2, 0) is 11.3 Å². The Morgan fingerprint density at radius 1 is 1.06 bits per heavy atom. The second kappa shape index (κ2) is 9.32. The second-order valence-electron chi connectivity index (χ2n) is 7.65. The number of fused-ring (bicyclic) bond motifs is 1. The van der Waals surface area contributed by atoms with Crippen LogP contribution in [0.15, 0.2) is 65.1 Å². The number of benzene rings is 2. The van der Waals surface area contributed by atoms with E-state index in [-0.39, 0.29) is 23.9 Å². The lowest BCUT2D eigenvalue weighted by atomic mass is 10.0. The molecule has 2 amide bonds. The highest BCUT2D eigenvalue weighted by Gasteiger charge is 2.25. The largest absolute Gasteiger partial charge is 0.457 e. The molecule has 0 bridgehead atoms. The van der Waals surface area contributed by atoms with E-state index in [0.717, 1.165) is 15.2 Å². The van der Waals surface area contributed by atoms with Gasteiger partial charge in [0.1, 0.15) is 17.6 Å². The first-order chi connectivity index (χ1) is 15.4. The average Bonchev–Trinajstić information content (AvgIpc) is 3.42. The molecule has 0 aliphatic heterocycles. The zero-order valence-electron chi connectivity index (χ0n) is 17.6. The molecule has 0 radical (unpaired) electrons. The van der Waals surface area contributed by atoms with Gasteiger partial charge in [0.05, 0.1) is 22.3 Å². The predicted octanol–water partition coefficient (Wildman–Crippen LogP) is 4.77. The number of carbonyl (C=O) groups excluding carboxylic acids is 2. The number of hydrogen-bond acceptors (Lipinski definition) is 5. The van der Waals surface area contributed by atoms with Gasteiger partial charge in [0.2, 0.25) is 5.91 Å². The van der Waals surface area contributed by atoms with Crippen molar-refractivity contribution in [1.82, 2.24) is 15.6 Å². The third-order valence-corrected chi connectivity index (χ3v) is 6.01. The summed E-state index contributed by atoms with van der Waals surface area (Å²) in [4.78, 5) is 29.7. The smallest absolute Gasteiger partial charge is 0.254 e. The minimum atomic E-state index is -0.819. The Hall–Kier alpha value is -3.52. The maximum absolute atomic E-state index is 13.9. The van der Waals surface area contributed by atoms with Crippen LogP contribution in [0.2, 0.25) is 0 Å². The van der Waals surface area contributed by atoms with Gasteiger partial charge in [0.25, 0.3) is 5.91 Å². The molecular weight excluding hydrogens is 429 g/mol. The summed E-state index contributed by atoms with van der Waals surface area (Å²) >= 11 is 1.53. The van der Waals surface area contributed by atoms with Crippen LogP contribution < -0.4 is 10.6 Å². The molecule has 2 aromatic heterocycles. The molecule has 6 nitrogen and oxygen atoms in total. The third-order valence-electron chi connectivity index (χ3n) is 4.96. The molecule has 0 saturated carbocycles. The molecule has 1 unspecified atom stereocenters. The maximum Gasteiger partial charge on any atom is 0.254 e. The van der Waals surface area contributed by atoms with E-state index in [0.29, 0.717) is 11.5 Å². The van der Waals surface area contributed by atoms with Gasteiger partial charge in [-0.1, -0.05) is 38.1 Å². The number of para-hydroxylation sites is 1. The van der Waals surface area contributed by atoms with Crippen molar-refractivity contribution in [2.24, 2.45) is 5.92 Å². The lowest BCUT2D eigenvalue weighted by Crippen LogP contribution is -2.49. The number of nitrogens with one attached hydrogen (secondary N) is 2. The monoisotopic (exact) mass is 451 g/mol. The number of halogens is 1. The number of rotatable bonds is 7. The number of amides is 2. The SMILES string of the molecule is CC(C)C(NC(=O)c1ccccc1F)C(=O)NCc1ccc(-c2nc3ccccc3s2)o1. The summed E-state index contributed by atoms with van der Waals surface area (Å²) in [6.07, 6.45) is 0. The first-order valence-electron chi connectivity index (χ1n) is 10.2. The first-order valence-corrected chi connectivity index (χ1v) is 11.0. The molecule has 164 valence electrons. The fourth-order valence-electron chi connectivity index (χ4n) is 3.25. The molecule has 32 heavy (non-hydrogen) atoms. The van der Waals surface area contributed by atoms with Crippen LogP contribution in [0, 0.1) is 11.7 Å². The van der Waals surface area contributed by atoms with E-state index in [1.54, 1.807) is 12.1 Å². The number of carbonyl (C=O) groups is 2. The Balaban J connectivity index is 1.40. The van der Waals surface area contributed by atoms with Crippen molar-refractivity contribution in [3.63, 3.8) is 0 Å². The van der Waals surface area contributed by atoms with E-state index in [1.807, 2.05) is 44.2 Å². The summed E-state index contributed by atoms with van der Waals surface area (Å²) in [6, 6.07) is 16.3. The number of aromatic nitrogens is 1. The number of thiazole rings is 1. The Labute approximate surface area is 188 Å². The van der Waals surface area contributed by atoms with E-state index in [9.17, 15) is 14.0 Å².